The number of likely N-dealkylation sites (N-methyl/N-ethyl adjacent to an activating group) is 2. The fourth-order valence-electron chi connectivity index (χ4n) is 4.96. The van der Waals surface area contributed by atoms with Crippen LogP contribution in [-0.4, -0.2) is 87.8 Å². The summed E-state index contributed by atoms with van der Waals surface area (Å²) in [5, 5.41) is 2.66. The lowest BCUT2D eigenvalue weighted by molar-refractivity contribution is -0.135. The van der Waals surface area contributed by atoms with E-state index in [0.717, 1.165) is 35.9 Å². The van der Waals surface area contributed by atoms with Crippen LogP contribution < -0.4 is 15.0 Å². The van der Waals surface area contributed by atoms with Crippen molar-refractivity contribution in [2.75, 3.05) is 52.3 Å². The second-order valence-electron chi connectivity index (χ2n) is 10.00. The Bertz CT molecular complexity index is 1210. The highest BCUT2D eigenvalue weighted by molar-refractivity contribution is 7.89. The van der Waals surface area contributed by atoms with Gasteiger partial charge in [0.05, 0.1) is 18.6 Å². The molecule has 0 saturated carbocycles. The van der Waals surface area contributed by atoms with Crippen LogP contribution in [0, 0.1) is 19.8 Å². The van der Waals surface area contributed by atoms with E-state index >= 15 is 0 Å². The average Bonchev–Trinajstić information content (AvgIpc) is 2.88. The normalized spacial score (nSPS) is 15.3. The molecule has 1 saturated heterocycles. The first-order valence-corrected chi connectivity index (χ1v) is 14.2. The van der Waals surface area contributed by atoms with E-state index in [-0.39, 0.29) is 10.8 Å². The Balaban J connectivity index is 1.51. The smallest absolute Gasteiger partial charge is 0.244 e. The molecule has 3 rings (SSSR count). The SMILES string of the molecule is COc1cc(C)c(S(=O)(=O)N(C)CC(=O)N[C@@H](C)C(=O)N(C)CC2CCN(c3ccncc3)CC2)c(C)c1. The molecule has 2 amide bonds. The molecule has 1 atom stereocenters. The number of nitrogens with zero attached hydrogens (tertiary/aromatic N) is 4. The topological polar surface area (TPSA) is 112 Å². The minimum Gasteiger partial charge on any atom is -0.497 e. The summed E-state index contributed by atoms with van der Waals surface area (Å²) in [6.07, 6.45) is 5.51. The van der Waals surface area contributed by atoms with E-state index < -0.39 is 28.5 Å². The second kappa shape index (κ2) is 12.6. The highest BCUT2D eigenvalue weighted by Crippen LogP contribution is 2.28. The number of piperidine rings is 1. The third-order valence-corrected chi connectivity index (χ3v) is 9.11. The van der Waals surface area contributed by atoms with E-state index in [1.807, 2.05) is 12.1 Å². The van der Waals surface area contributed by atoms with Crippen LogP contribution in [0.1, 0.15) is 30.9 Å². The monoisotopic (exact) mass is 545 g/mol. The van der Waals surface area contributed by atoms with Crippen LogP contribution >= 0.6 is 0 Å². The molecule has 1 N–H and O–H groups in total. The number of anilines is 1. The highest BCUT2D eigenvalue weighted by atomic mass is 32.2. The molecule has 2 aromatic rings. The standard InChI is InChI=1S/C27H39N5O5S/c1-19-15-24(37-6)16-20(2)26(19)38(35,36)31(5)18-25(33)29-21(3)27(34)30(4)17-22-9-13-32(14-10-22)23-7-11-28-12-8-23/h7-8,11-12,15-16,21-22H,9-10,13-14,17-18H2,1-6H3,(H,29,33)/t21-/m0/s1. The number of rotatable bonds is 10. The van der Waals surface area contributed by atoms with Crippen molar-refractivity contribution in [2.24, 2.45) is 5.92 Å². The summed E-state index contributed by atoms with van der Waals surface area (Å²) in [7, 11) is 0.695. The van der Waals surface area contributed by atoms with Crippen LogP contribution in [0.2, 0.25) is 0 Å². The van der Waals surface area contributed by atoms with E-state index in [9.17, 15) is 18.0 Å². The minimum atomic E-state index is -3.92. The summed E-state index contributed by atoms with van der Waals surface area (Å²) < 4.78 is 32.6. The first-order valence-electron chi connectivity index (χ1n) is 12.7. The maximum atomic E-state index is 13.2. The Morgan fingerprint density at radius 2 is 1.71 bits per heavy atom. The zero-order valence-electron chi connectivity index (χ0n) is 23.1. The van der Waals surface area contributed by atoms with E-state index in [4.69, 9.17) is 4.74 Å². The number of benzene rings is 1. The number of carbonyl (C=O) groups is 2. The zero-order valence-corrected chi connectivity index (χ0v) is 23.9. The molecule has 0 spiro atoms. The van der Waals surface area contributed by atoms with Gasteiger partial charge in [-0.15, -0.1) is 0 Å². The van der Waals surface area contributed by atoms with Gasteiger partial charge in [0.1, 0.15) is 11.8 Å². The van der Waals surface area contributed by atoms with Crippen molar-refractivity contribution in [3.8, 4) is 5.75 Å². The van der Waals surface area contributed by atoms with Crippen LogP contribution in [0.25, 0.3) is 0 Å². The van der Waals surface area contributed by atoms with Gasteiger partial charge in [-0.05, 0) is 74.9 Å². The Hall–Kier alpha value is -3.18. The number of pyridine rings is 1. The highest BCUT2D eigenvalue weighted by Gasteiger charge is 2.29. The summed E-state index contributed by atoms with van der Waals surface area (Å²) in [5.41, 5.74) is 2.22. The number of aryl methyl sites for hydroxylation is 2. The third kappa shape index (κ3) is 7.02. The molecule has 1 aromatic carbocycles. The van der Waals surface area contributed by atoms with Gasteiger partial charge in [0.25, 0.3) is 0 Å². The maximum Gasteiger partial charge on any atom is 0.244 e. The number of hydrogen-bond acceptors (Lipinski definition) is 7. The molecule has 10 nitrogen and oxygen atoms in total. The van der Waals surface area contributed by atoms with Crippen molar-refractivity contribution < 1.29 is 22.7 Å². The summed E-state index contributed by atoms with van der Waals surface area (Å²) in [4.78, 5) is 33.8. The molecule has 1 aromatic heterocycles. The van der Waals surface area contributed by atoms with Gasteiger partial charge in [-0.2, -0.15) is 4.31 Å². The fourth-order valence-corrected chi connectivity index (χ4v) is 6.49. The van der Waals surface area contributed by atoms with Gasteiger partial charge in [-0.1, -0.05) is 0 Å². The Morgan fingerprint density at radius 3 is 2.26 bits per heavy atom. The third-order valence-electron chi connectivity index (χ3n) is 7.00. The maximum absolute atomic E-state index is 13.2. The largest absolute Gasteiger partial charge is 0.497 e. The van der Waals surface area contributed by atoms with Crippen molar-refractivity contribution in [3.05, 3.63) is 47.8 Å². The molecule has 0 radical (unpaired) electrons. The van der Waals surface area contributed by atoms with Crippen LogP contribution in [0.5, 0.6) is 5.75 Å². The van der Waals surface area contributed by atoms with Gasteiger partial charge < -0.3 is 19.9 Å². The number of amides is 2. The Kier molecular flexibility index (Phi) is 9.72. The van der Waals surface area contributed by atoms with Gasteiger partial charge in [-0.25, -0.2) is 8.42 Å². The summed E-state index contributed by atoms with van der Waals surface area (Å²) >= 11 is 0. The van der Waals surface area contributed by atoms with E-state index in [1.54, 1.807) is 57.2 Å². The zero-order chi connectivity index (χ0) is 28.0. The van der Waals surface area contributed by atoms with Crippen molar-refractivity contribution in [1.29, 1.82) is 0 Å². The van der Waals surface area contributed by atoms with Crippen molar-refractivity contribution in [1.82, 2.24) is 19.5 Å². The van der Waals surface area contributed by atoms with Crippen molar-refractivity contribution >= 4 is 27.5 Å². The summed E-state index contributed by atoms with van der Waals surface area (Å²) in [6, 6.07) is 6.52. The average molecular weight is 546 g/mol. The molecule has 2 heterocycles. The molecular weight excluding hydrogens is 506 g/mol. The van der Waals surface area contributed by atoms with E-state index in [0.29, 0.717) is 29.3 Å². The predicted octanol–water partition coefficient (Wildman–Crippen LogP) is 2.21. The second-order valence-corrected chi connectivity index (χ2v) is 12.0. The lowest BCUT2D eigenvalue weighted by Crippen LogP contribution is -2.50. The van der Waals surface area contributed by atoms with Crippen LogP contribution in [0.15, 0.2) is 41.6 Å². The number of ether oxygens (including phenoxy) is 1. The van der Waals surface area contributed by atoms with Gasteiger partial charge in [0.2, 0.25) is 21.8 Å². The van der Waals surface area contributed by atoms with Crippen LogP contribution in [0.3, 0.4) is 0 Å². The van der Waals surface area contributed by atoms with Gasteiger partial charge in [0, 0.05) is 51.8 Å². The lowest BCUT2D eigenvalue weighted by Gasteiger charge is -2.35. The molecule has 1 fully saturated rings. The van der Waals surface area contributed by atoms with Gasteiger partial charge in [-0.3, -0.25) is 14.6 Å². The minimum absolute atomic E-state index is 0.146. The summed E-state index contributed by atoms with van der Waals surface area (Å²) in [6.45, 7) is 7.03. The van der Waals surface area contributed by atoms with Crippen LogP contribution in [-0.2, 0) is 19.6 Å². The number of nitrogens with one attached hydrogen (secondary N) is 1. The predicted molar refractivity (Wildman–Crippen MR) is 147 cm³/mol. The number of aromatic nitrogens is 1. The molecular formula is C27H39N5O5S. The molecule has 38 heavy (non-hydrogen) atoms. The first kappa shape index (κ1) is 29.4. The first-order chi connectivity index (χ1) is 17.9. The number of carbonyl (C=O) groups excluding carboxylic acids is 2. The van der Waals surface area contributed by atoms with Crippen LogP contribution in [0.4, 0.5) is 5.69 Å². The van der Waals surface area contributed by atoms with Crippen molar-refractivity contribution in [3.63, 3.8) is 0 Å². The quantitative estimate of drug-likeness (QED) is 0.487. The Morgan fingerprint density at radius 1 is 1.13 bits per heavy atom. The van der Waals surface area contributed by atoms with E-state index in [2.05, 4.69) is 15.2 Å². The molecule has 11 heteroatoms. The fraction of sp³-hybridized carbons (Fsp3) is 0.519. The molecule has 208 valence electrons. The van der Waals surface area contributed by atoms with Gasteiger partial charge in [0.15, 0.2) is 0 Å². The molecule has 1 aliphatic rings. The lowest BCUT2D eigenvalue weighted by atomic mass is 9.95. The van der Waals surface area contributed by atoms with Crippen molar-refractivity contribution in [2.45, 2.75) is 44.6 Å². The Labute approximate surface area is 226 Å². The number of sulfonamides is 1. The van der Waals surface area contributed by atoms with Gasteiger partial charge >= 0.3 is 0 Å². The van der Waals surface area contributed by atoms with E-state index in [1.165, 1.54) is 14.2 Å². The summed E-state index contributed by atoms with van der Waals surface area (Å²) in [5.74, 6) is 0.189. The number of methoxy groups -OCH3 is 1. The molecule has 0 unspecified atom stereocenters. The number of hydrogen-bond donors (Lipinski definition) is 1. The molecule has 1 aliphatic heterocycles. The molecule has 0 bridgehead atoms. The molecule has 0 aliphatic carbocycles.